The molecule has 0 aromatic carbocycles. The van der Waals surface area contributed by atoms with Crippen LogP contribution in [0.4, 0.5) is 0 Å². The van der Waals surface area contributed by atoms with Crippen LogP contribution in [-0.2, 0) is 13.1 Å². The summed E-state index contributed by atoms with van der Waals surface area (Å²) in [6, 6.07) is 4.66. The van der Waals surface area contributed by atoms with Crippen molar-refractivity contribution in [1.29, 1.82) is 0 Å². The first-order chi connectivity index (χ1) is 8.81. The quantitative estimate of drug-likeness (QED) is 0.865. The van der Waals surface area contributed by atoms with Gasteiger partial charge in [-0.25, -0.2) is 4.98 Å². The molecule has 0 N–H and O–H groups in total. The van der Waals surface area contributed by atoms with Crippen molar-refractivity contribution in [2.45, 2.75) is 32.0 Å². The number of aromatic nitrogens is 3. The summed E-state index contributed by atoms with van der Waals surface area (Å²) in [4.78, 5) is 7.85. The topological polar surface area (TPSA) is 34.0 Å². The van der Waals surface area contributed by atoms with E-state index >= 15 is 0 Å². The van der Waals surface area contributed by atoms with Gasteiger partial charge in [-0.3, -0.25) is 9.58 Å². The molecule has 18 heavy (non-hydrogen) atoms. The van der Waals surface area contributed by atoms with Crippen molar-refractivity contribution < 1.29 is 0 Å². The Bertz CT molecular complexity index is 496. The zero-order valence-electron chi connectivity index (χ0n) is 10.00. The van der Waals surface area contributed by atoms with Crippen LogP contribution < -0.4 is 0 Å². The fourth-order valence-corrected chi connectivity index (χ4v) is 3.60. The third-order valence-electron chi connectivity index (χ3n) is 3.35. The molecule has 0 amide bonds. The molecule has 2 aromatic heterocycles. The first kappa shape index (κ1) is 12.1. The van der Waals surface area contributed by atoms with Gasteiger partial charge in [0.25, 0.3) is 0 Å². The molecule has 3 heterocycles. The smallest absolute Gasteiger partial charge is 0.137 e. The predicted octanol–water partition coefficient (Wildman–Crippen LogP) is 2.66. The van der Waals surface area contributed by atoms with Crippen molar-refractivity contribution in [2.75, 3.05) is 6.54 Å². The number of thiophene rings is 1. The van der Waals surface area contributed by atoms with E-state index in [0.717, 1.165) is 24.0 Å². The molecule has 0 bridgehead atoms. The van der Waals surface area contributed by atoms with Gasteiger partial charge in [-0.05, 0) is 31.5 Å². The molecule has 3 rings (SSSR count). The van der Waals surface area contributed by atoms with Crippen LogP contribution in [0.2, 0.25) is 4.34 Å². The molecule has 0 aliphatic carbocycles. The van der Waals surface area contributed by atoms with Gasteiger partial charge in [0, 0.05) is 17.5 Å². The summed E-state index contributed by atoms with van der Waals surface area (Å²) in [7, 11) is 0. The summed E-state index contributed by atoms with van der Waals surface area (Å²) < 4.78 is 2.79. The SMILES string of the molecule is Clc1ccc(CN2CCCC2Cn2cncn2)s1. The van der Waals surface area contributed by atoms with E-state index in [-0.39, 0.29) is 0 Å². The second-order valence-electron chi connectivity index (χ2n) is 4.59. The Kier molecular flexibility index (Phi) is 3.63. The van der Waals surface area contributed by atoms with E-state index in [1.54, 1.807) is 24.0 Å². The van der Waals surface area contributed by atoms with Crippen LogP contribution in [-0.4, -0.2) is 32.3 Å². The minimum atomic E-state index is 0.563. The van der Waals surface area contributed by atoms with Gasteiger partial charge < -0.3 is 0 Å². The molecule has 1 atom stereocenters. The van der Waals surface area contributed by atoms with Crippen LogP contribution in [0.25, 0.3) is 0 Å². The van der Waals surface area contributed by atoms with Gasteiger partial charge >= 0.3 is 0 Å². The minimum Gasteiger partial charge on any atom is -0.293 e. The lowest BCUT2D eigenvalue weighted by atomic mass is 10.2. The van der Waals surface area contributed by atoms with Gasteiger partial charge in [0.05, 0.1) is 10.9 Å². The van der Waals surface area contributed by atoms with E-state index in [0.29, 0.717) is 6.04 Å². The van der Waals surface area contributed by atoms with Crippen molar-refractivity contribution in [3.8, 4) is 0 Å². The first-order valence-electron chi connectivity index (χ1n) is 6.12. The normalized spacial score (nSPS) is 20.6. The molecule has 1 saturated heterocycles. The Labute approximate surface area is 115 Å². The molecule has 6 heteroatoms. The van der Waals surface area contributed by atoms with Crippen molar-refractivity contribution in [3.05, 3.63) is 34.0 Å². The van der Waals surface area contributed by atoms with Crippen LogP contribution in [0.3, 0.4) is 0 Å². The van der Waals surface area contributed by atoms with Crippen molar-refractivity contribution >= 4 is 22.9 Å². The summed E-state index contributed by atoms with van der Waals surface area (Å²) in [6.45, 7) is 3.09. The summed E-state index contributed by atoms with van der Waals surface area (Å²) in [5.74, 6) is 0. The maximum atomic E-state index is 5.97. The zero-order valence-corrected chi connectivity index (χ0v) is 11.6. The lowest BCUT2D eigenvalue weighted by Gasteiger charge is -2.23. The second kappa shape index (κ2) is 5.38. The summed E-state index contributed by atoms with van der Waals surface area (Å²) in [5.41, 5.74) is 0. The molecule has 1 aliphatic rings. The molecule has 0 saturated carbocycles. The molecule has 2 aromatic rings. The highest BCUT2D eigenvalue weighted by molar-refractivity contribution is 7.16. The Morgan fingerprint density at radius 1 is 1.44 bits per heavy atom. The monoisotopic (exact) mass is 282 g/mol. The average molecular weight is 283 g/mol. The van der Waals surface area contributed by atoms with Crippen LogP contribution >= 0.6 is 22.9 Å². The van der Waals surface area contributed by atoms with E-state index in [9.17, 15) is 0 Å². The van der Waals surface area contributed by atoms with Crippen LogP contribution in [0.1, 0.15) is 17.7 Å². The minimum absolute atomic E-state index is 0.563. The standard InChI is InChI=1S/C12H15ClN4S/c13-12-4-3-11(18-12)7-16-5-1-2-10(16)6-17-9-14-8-15-17/h3-4,8-10H,1-2,5-7H2. The highest BCUT2D eigenvalue weighted by atomic mass is 35.5. The Hall–Kier alpha value is -0.910. The first-order valence-corrected chi connectivity index (χ1v) is 7.31. The van der Waals surface area contributed by atoms with Crippen molar-refractivity contribution in [3.63, 3.8) is 0 Å². The largest absolute Gasteiger partial charge is 0.293 e. The van der Waals surface area contributed by atoms with Gasteiger partial charge in [0.15, 0.2) is 0 Å². The summed E-state index contributed by atoms with van der Waals surface area (Å²) in [5, 5.41) is 4.19. The number of halogens is 1. The molecule has 96 valence electrons. The predicted molar refractivity (Wildman–Crippen MR) is 72.8 cm³/mol. The summed E-state index contributed by atoms with van der Waals surface area (Å²) >= 11 is 7.65. The lowest BCUT2D eigenvalue weighted by Crippen LogP contribution is -2.32. The van der Waals surface area contributed by atoms with E-state index in [2.05, 4.69) is 21.0 Å². The van der Waals surface area contributed by atoms with Crippen molar-refractivity contribution in [2.24, 2.45) is 0 Å². The second-order valence-corrected chi connectivity index (χ2v) is 6.39. The van der Waals surface area contributed by atoms with Gasteiger partial charge in [0.2, 0.25) is 0 Å². The summed E-state index contributed by atoms with van der Waals surface area (Å²) in [6.07, 6.45) is 5.88. The number of hydrogen-bond acceptors (Lipinski definition) is 4. The molecular formula is C12H15ClN4S. The molecule has 0 spiro atoms. The van der Waals surface area contributed by atoms with Crippen LogP contribution in [0.5, 0.6) is 0 Å². The Morgan fingerprint density at radius 3 is 3.11 bits per heavy atom. The molecule has 0 radical (unpaired) electrons. The van der Waals surface area contributed by atoms with Crippen LogP contribution in [0, 0.1) is 0 Å². The van der Waals surface area contributed by atoms with E-state index < -0.39 is 0 Å². The van der Waals surface area contributed by atoms with Gasteiger partial charge in [-0.1, -0.05) is 11.6 Å². The Morgan fingerprint density at radius 2 is 2.39 bits per heavy atom. The van der Waals surface area contributed by atoms with E-state index in [1.807, 2.05) is 10.7 Å². The van der Waals surface area contributed by atoms with Gasteiger partial charge in [-0.2, -0.15) is 5.10 Å². The van der Waals surface area contributed by atoms with Crippen molar-refractivity contribution in [1.82, 2.24) is 19.7 Å². The van der Waals surface area contributed by atoms with Crippen LogP contribution in [0.15, 0.2) is 24.8 Å². The molecule has 1 aliphatic heterocycles. The fourth-order valence-electron chi connectivity index (χ4n) is 2.49. The molecular weight excluding hydrogens is 268 g/mol. The maximum Gasteiger partial charge on any atom is 0.137 e. The van der Waals surface area contributed by atoms with Gasteiger partial charge in [0.1, 0.15) is 12.7 Å². The molecule has 4 nitrogen and oxygen atoms in total. The zero-order chi connectivity index (χ0) is 12.4. The highest BCUT2D eigenvalue weighted by Gasteiger charge is 2.25. The molecule has 1 unspecified atom stereocenters. The average Bonchev–Trinajstić information content (AvgIpc) is 3.05. The Balaban J connectivity index is 1.64. The lowest BCUT2D eigenvalue weighted by molar-refractivity contribution is 0.221. The number of hydrogen-bond donors (Lipinski definition) is 0. The fraction of sp³-hybridized carbons (Fsp3) is 0.500. The molecule has 1 fully saturated rings. The highest BCUT2D eigenvalue weighted by Crippen LogP contribution is 2.26. The number of likely N-dealkylation sites (tertiary alicyclic amines) is 1. The maximum absolute atomic E-state index is 5.97. The number of nitrogens with zero attached hydrogens (tertiary/aromatic N) is 4. The van der Waals surface area contributed by atoms with E-state index in [4.69, 9.17) is 11.6 Å². The van der Waals surface area contributed by atoms with Gasteiger partial charge in [-0.15, -0.1) is 11.3 Å². The number of rotatable bonds is 4. The third-order valence-corrected chi connectivity index (χ3v) is 4.57. The third kappa shape index (κ3) is 2.74. The van der Waals surface area contributed by atoms with E-state index in [1.165, 1.54) is 17.7 Å².